The summed E-state index contributed by atoms with van der Waals surface area (Å²) in [5.41, 5.74) is 1.54. The van der Waals surface area contributed by atoms with Gasteiger partial charge >= 0.3 is 5.97 Å². The van der Waals surface area contributed by atoms with Crippen LogP contribution in [0.2, 0.25) is 0 Å². The van der Waals surface area contributed by atoms with Gasteiger partial charge in [0.15, 0.2) is 5.11 Å². The minimum Gasteiger partial charge on any atom is -0.497 e. The van der Waals surface area contributed by atoms with Crippen LogP contribution < -0.4 is 15.0 Å². The van der Waals surface area contributed by atoms with E-state index < -0.39 is 12.0 Å². The number of anilines is 2. The van der Waals surface area contributed by atoms with Crippen molar-refractivity contribution in [2.75, 3.05) is 50.1 Å². The van der Waals surface area contributed by atoms with Gasteiger partial charge in [0, 0.05) is 24.8 Å². The molecule has 1 unspecified atom stereocenters. The third kappa shape index (κ3) is 6.93. The van der Waals surface area contributed by atoms with Crippen molar-refractivity contribution in [2.45, 2.75) is 39.2 Å². The highest BCUT2D eigenvalue weighted by Gasteiger charge is 2.44. The first-order chi connectivity index (χ1) is 18.8. The quantitative estimate of drug-likeness (QED) is 0.350. The first kappa shape index (κ1) is 28.5. The fourth-order valence-corrected chi connectivity index (χ4v) is 5.32. The predicted octanol–water partition coefficient (Wildman–Crippen LogP) is 3.93. The lowest BCUT2D eigenvalue weighted by atomic mass is 9.99. The van der Waals surface area contributed by atoms with Crippen LogP contribution in [0.15, 0.2) is 48.5 Å². The SMILES string of the molecule is CCOC(=O)c1ccc(NC(=O)CC2C(=O)N(c3cccc(OC)c3)C(=S)N2CCN2CCC(C)CC2)cc1. The van der Waals surface area contributed by atoms with Gasteiger partial charge in [-0.25, -0.2) is 4.79 Å². The van der Waals surface area contributed by atoms with E-state index in [-0.39, 0.29) is 24.8 Å². The zero-order chi connectivity index (χ0) is 27.9. The van der Waals surface area contributed by atoms with Gasteiger partial charge in [0.25, 0.3) is 5.91 Å². The van der Waals surface area contributed by atoms with Gasteiger partial charge in [-0.05, 0) is 87.4 Å². The van der Waals surface area contributed by atoms with Crippen molar-refractivity contribution in [2.24, 2.45) is 5.92 Å². The Labute approximate surface area is 235 Å². The van der Waals surface area contributed by atoms with Gasteiger partial charge in [-0.3, -0.25) is 14.5 Å². The van der Waals surface area contributed by atoms with Crippen LogP contribution in [0.25, 0.3) is 0 Å². The molecule has 0 aromatic heterocycles. The standard InChI is InChI=1S/C29H36N4O5S/c1-4-38-28(36)21-8-10-22(11-9-21)30-26(34)19-25-27(35)33(23-6-5-7-24(18-23)37-3)29(39)32(25)17-16-31-14-12-20(2)13-15-31/h5-11,18,20,25H,4,12-17,19H2,1-3H3,(H,30,34). The summed E-state index contributed by atoms with van der Waals surface area (Å²) in [6.07, 6.45) is 2.25. The number of rotatable bonds is 10. The van der Waals surface area contributed by atoms with E-state index >= 15 is 0 Å². The summed E-state index contributed by atoms with van der Waals surface area (Å²) in [5.74, 6) is 0.362. The van der Waals surface area contributed by atoms with Crippen LogP contribution in [0, 0.1) is 5.92 Å². The van der Waals surface area contributed by atoms with E-state index in [1.54, 1.807) is 50.4 Å². The summed E-state index contributed by atoms with van der Waals surface area (Å²) in [5, 5.41) is 3.23. The normalized spacial score (nSPS) is 18.4. The van der Waals surface area contributed by atoms with Crippen molar-refractivity contribution >= 4 is 46.5 Å². The number of carbonyl (C=O) groups excluding carboxylic acids is 3. The molecule has 10 heteroatoms. The third-order valence-electron chi connectivity index (χ3n) is 7.22. The molecular formula is C29H36N4O5S. The van der Waals surface area contributed by atoms with Crippen LogP contribution in [0.1, 0.15) is 43.5 Å². The second-order valence-electron chi connectivity index (χ2n) is 9.94. The topological polar surface area (TPSA) is 91.4 Å². The molecule has 2 fully saturated rings. The van der Waals surface area contributed by atoms with Crippen molar-refractivity contribution < 1.29 is 23.9 Å². The number of esters is 1. The summed E-state index contributed by atoms with van der Waals surface area (Å²) < 4.78 is 10.4. The lowest BCUT2D eigenvalue weighted by molar-refractivity contribution is -0.124. The molecule has 2 aliphatic heterocycles. The summed E-state index contributed by atoms with van der Waals surface area (Å²) in [4.78, 5) is 44.5. The van der Waals surface area contributed by atoms with Crippen LogP contribution in [0.4, 0.5) is 11.4 Å². The van der Waals surface area contributed by atoms with Gasteiger partial charge in [0.2, 0.25) is 5.91 Å². The zero-order valence-corrected chi connectivity index (χ0v) is 23.5. The molecule has 2 aliphatic rings. The minimum absolute atomic E-state index is 0.0594. The summed E-state index contributed by atoms with van der Waals surface area (Å²) in [7, 11) is 1.57. The molecular weight excluding hydrogens is 516 g/mol. The van der Waals surface area contributed by atoms with Crippen molar-refractivity contribution in [3.05, 3.63) is 54.1 Å². The Balaban J connectivity index is 1.48. The Hall–Kier alpha value is -3.50. The lowest BCUT2D eigenvalue weighted by Crippen LogP contribution is -2.44. The molecule has 4 rings (SSSR count). The number of piperidine rings is 1. The van der Waals surface area contributed by atoms with Crippen molar-refractivity contribution in [3.8, 4) is 5.75 Å². The molecule has 2 saturated heterocycles. The number of likely N-dealkylation sites (tertiary alicyclic amines) is 1. The highest BCUT2D eigenvalue weighted by molar-refractivity contribution is 7.80. The van der Waals surface area contributed by atoms with Gasteiger partial charge < -0.3 is 24.6 Å². The van der Waals surface area contributed by atoms with Crippen LogP contribution >= 0.6 is 12.2 Å². The maximum atomic E-state index is 13.7. The first-order valence-corrected chi connectivity index (χ1v) is 13.8. The molecule has 0 saturated carbocycles. The second kappa shape index (κ2) is 13.0. The number of nitrogens with one attached hydrogen (secondary N) is 1. The molecule has 39 heavy (non-hydrogen) atoms. The van der Waals surface area contributed by atoms with Crippen molar-refractivity contribution in [1.29, 1.82) is 0 Å². The van der Waals surface area contributed by atoms with Gasteiger partial charge in [-0.15, -0.1) is 0 Å². The average molecular weight is 553 g/mol. The predicted molar refractivity (Wildman–Crippen MR) is 154 cm³/mol. The van der Waals surface area contributed by atoms with Crippen LogP contribution in [0.5, 0.6) is 5.75 Å². The number of ether oxygens (including phenoxy) is 2. The average Bonchev–Trinajstić information content (AvgIpc) is 3.16. The molecule has 2 aromatic carbocycles. The summed E-state index contributed by atoms with van der Waals surface area (Å²) in [6, 6.07) is 12.9. The fraction of sp³-hybridized carbons (Fsp3) is 0.448. The van der Waals surface area contributed by atoms with E-state index in [1.807, 2.05) is 17.0 Å². The number of amides is 2. The lowest BCUT2D eigenvalue weighted by Gasteiger charge is -2.32. The molecule has 0 radical (unpaired) electrons. The van der Waals surface area contributed by atoms with E-state index in [2.05, 4.69) is 17.1 Å². The zero-order valence-electron chi connectivity index (χ0n) is 22.7. The number of hydrogen-bond donors (Lipinski definition) is 1. The molecule has 2 amide bonds. The largest absolute Gasteiger partial charge is 0.497 e. The van der Waals surface area contributed by atoms with E-state index in [9.17, 15) is 14.4 Å². The molecule has 9 nitrogen and oxygen atoms in total. The van der Waals surface area contributed by atoms with E-state index in [4.69, 9.17) is 21.7 Å². The minimum atomic E-state index is -0.730. The number of hydrogen-bond acceptors (Lipinski definition) is 7. The van der Waals surface area contributed by atoms with Crippen LogP contribution in [-0.2, 0) is 14.3 Å². The number of carbonyl (C=O) groups is 3. The Morgan fingerprint density at radius 2 is 1.79 bits per heavy atom. The van der Waals surface area contributed by atoms with Gasteiger partial charge in [-0.1, -0.05) is 13.0 Å². The second-order valence-corrected chi connectivity index (χ2v) is 10.3. The van der Waals surface area contributed by atoms with E-state index in [0.717, 1.165) is 38.4 Å². The molecule has 2 aromatic rings. The maximum absolute atomic E-state index is 13.7. The fourth-order valence-electron chi connectivity index (χ4n) is 4.90. The summed E-state index contributed by atoms with van der Waals surface area (Å²) >= 11 is 5.80. The smallest absolute Gasteiger partial charge is 0.338 e. The highest BCUT2D eigenvalue weighted by Crippen LogP contribution is 2.30. The van der Waals surface area contributed by atoms with Gasteiger partial charge in [0.05, 0.1) is 31.4 Å². The Morgan fingerprint density at radius 3 is 2.46 bits per heavy atom. The van der Waals surface area contributed by atoms with Crippen LogP contribution in [-0.4, -0.2) is 78.6 Å². The van der Waals surface area contributed by atoms with Crippen molar-refractivity contribution in [3.63, 3.8) is 0 Å². The molecule has 208 valence electrons. The Bertz CT molecular complexity index is 1200. The third-order valence-corrected chi connectivity index (χ3v) is 7.64. The highest BCUT2D eigenvalue weighted by atomic mass is 32.1. The monoisotopic (exact) mass is 552 g/mol. The number of methoxy groups -OCH3 is 1. The van der Waals surface area contributed by atoms with Crippen molar-refractivity contribution in [1.82, 2.24) is 9.80 Å². The van der Waals surface area contributed by atoms with E-state index in [0.29, 0.717) is 34.3 Å². The number of benzene rings is 2. The van der Waals surface area contributed by atoms with Gasteiger partial charge in [0.1, 0.15) is 11.8 Å². The summed E-state index contributed by atoms with van der Waals surface area (Å²) in [6.45, 7) is 7.65. The van der Waals surface area contributed by atoms with Crippen LogP contribution in [0.3, 0.4) is 0 Å². The molecule has 2 heterocycles. The molecule has 0 spiro atoms. The molecule has 0 aliphatic carbocycles. The maximum Gasteiger partial charge on any atom is 0.338 e. The Morgan fingerprint density at radius 1 is 1.08 bits per heavy atom. The Kier molecular flexibility index (Phi) is 9.53. The van der Waals surface area contributed by atoms with E-state index in [1.165, 1.54) is 4.90 Å². The van der Waals surface area contributed by atoms with Gasteiger partial charge in [-0.2, -0.15) is 0 Å². The number of thiocarbonyl (C=S) groups is 1. The first-order valence-electron chi connectivity index (χ1n) is 13.4. The molecule has 1 N–H and O–H groups in total. The molecule has 0 bridgehead atoms. The molecule has 1 atom stereocenters. The number of nitrogens with zero attached hydrogens (tertiary/aromatic N) is 3.